The van der Waals surface area contributed by atoms with Gasteiger partial charge in [-0.2, -0.15) is 4.98 Å². The lowest BCUT2D eigenvalue weighted by atomic mass is 9.87. The first-order chi connectivity index (χ1) is 20.5. The lowest BCUT2D eigenvalue weighted by molar-refractivity contribution is 0.192. The maximum Gasteiger partial charge on any atom is 0.263 e. The number of aliphatic hydroxyl groups is 1. The van der Waals surface area contributed by atoms with Crippen molar-refractivity contribution in [3.63, 3.8) is 0 Å². The molecule has 204 valence electrons. The third-order valence-electron chi connectivity index (χ3n) is 5.27. The summed E-state index contributed by atoms with van der Waals surface area (Å²) in [6.07, 6.45) is 2.76. The maximum absolute atomic E-state index is 13.6. The number of methoxy groups -OCH3 is 1. The van der Waals surface area contributed by atoms with Crippen molar-refractivity contribution in [2.45, 2.75) is 31.1 Å². The fourth-order valence-corrected chi connectivity index (χ4v) is 4.33. The minimum Gasteiger partial charge on any atom is -0.493 e. The molecule has 0 aliphatic rings. The van der Waals surface area contributed by atoms with E-state index in [0.717, 1.165) is 5.56 Å². The van der Waals surface area contributed by atoms with Gasteiger partial charge in [0.25, 0.3) is 15.9 Å². The Balaban J connectivity index is 1.91. The molecule has 0 saturated carbocycles. The fraction of sp³-hybridized carbons (Fsp3) is 0.259. The molecular weight excluding hydrogens is 522 g/mol. The Hall–Kier alpha value is -4.29. The summed E-state index contributed by atoms with van der Waals surface area (Å²) in [5.41, 5.74) is 0.648. The van der Waals surface area contributed by atoms with Crippen LogP contribution in [0, 0.1) is 0 Å². The predicted octanol–water partition coefficient (Wildman–Crippen LogP) is 4.20. The molecule has 0 atom stereocenters. The zero-order valence-electron chi connectivity index (χ0n) is 26.2. The molecule has 0 amide bonds. The van der Waals surface area contributed by atoms with Gasteiger partial charge >= 0.3 is 0 Å². The Labute approximate surface area is 234 Å². The van der Waals surface area contributed by atoms with Crippen LogP contribution in [0.5, 0.6) is 23.1 Å². The van der Waals surface area contributed by atoms with Gasteiger partial charge in [-0.25, -0.2) is 23.4 Å². The van der Waals surface area contributed by atoms with Crippen molar-refractivity contribution in [3.05, 3.63) is 72.6 Å². The lowest BCUT2D eigenvalue weighted by Crippen LogP contribution is -2.17. The highest BCUT2D eigenvalue weighted by atomic mass is 32.2. The van der Waals surface area contributed by atoms with Gasteiger partial charge in [-0.05, 0) is 41.3 Å². The number of ether oxygens (including phenoxy) is 3. The number of para-hydroxylation sites is 2. The van der Waals surface area contributed by atoms with Crippen LogP contribution in [0.1, 0.15) is 33.2 Å². The van der Waals surface area contributed by atoms with Gasteiger partial charge in [-0.3, -0.25) is 4.72 Å². The van der Waals surface area contributed by atoms with Crippen molar-refractivity contribution >= 4 is 15.8 Å². The van der Waals surface area contributed by atoms with E-state index in [2.05, 4.69) is 24.7 Å². The largest absolute Gasteiger partial charge is 0.493 e. The first-order valence-electron chi connectivity index (χ1n) is 14.1. The standard InChI is InChI=1S/C27H29N5O6S/c1-27(2,3)18-10-12-19(13-11-18)39(34,35)32-23-22(38-21-9-6-5-8-20(21)36-4)26(37-17-16-33)31-25(30-23)24-28-14-7-15-29-24/h5-15,33H,16-17H2,1-4H3,(H,30,31,32)/i4D3,17D2. The van der Waals surface area contributed by atoms with E-state index in [-0.39, 0.29) is 33.5 Å². The van der Waals surface area contributed by atoms with Crippen LogP contribution in [0.15, 0.2) is 71.9 Å². The van der Waals surface area contributed by atoms with E-state index in [1.54, 1.807) is 12.1 Å². The minimum absolute atomic E-state index is 0.0745. The second-order valence-electron chi connectivity index (χ2n) is 9.04. The molecule has 0 saturated heterocycles. The summed E-state index contributed by atoms with van der Waals surface area (Å²) >= 11 is 0. The van der Waals surface area contributed by atoms with Crippen LogP contribution in [0.4, 0.5) is 5.82 Å². The molecule has 2 aromatic heterocycles. The first kappa shape index (κ1) is 21.6. The Bertz CT molecular complexity index is 1720. The highest BCUT2D eigenvalue weighted by Crippen LogP contribution is 2.41. The summed E-state index contributed by atoms with van der Waals surface area (Å²) in [5, 5.41) is 9.58. The van der Waals surface area contributed by atoms with Gasteiger partial charge in [0, 0.05) is 12.4 Å². The molecular formula is C27H29N5O6S. The lowest BCUT2D eigenvalue weighted by Gasteiger charge is -2.20. The predicted molar refractivity (Wildman–Crippen MR) is 145 cm³/mol. The molecule has 2 N–H and O–H groups in total. The summed E-state index contributed by atoms with van der Waals surface area (Å²) in [7, 11) is -7.25. The van der Waals surface area contributed by atoms with Crippen molar-refractivity contribution in [1.82, 2.24) is 19.9 Å². The number of anilines is 1. The van der Waals surface area contributed by atoms with E-state index in [1.165, 1.54) is 54.9 Å². The highest BCUT2D eigenvalue weighted by molar-refractivity contribution is 7.92. The third-order valence-corrected chi connectivity index (χ3v) is 6.62. The van der Waals surface area contributed by atoms with Crippen LogP contribution in [-0.2, 0) is 15.4 Å². The quantitative estimate of drug-likeness (QED) is 0.291. The summed E-state index contributed by atoms with van der Waals surface area (Å²) < 4.78 is 84.3. The molecule has 11 nitrogen and oxygen atoms in total. The van der Waals surface area contributed by atoms with Crippen LogP contribution in [0.2, 0.25) is 0 Å². The van der Waals surface area contributed by atoms with Crippen LogP contribution in [0.3, 0.4) is 0 Å². The maximum atomic E-state index is 13.6. The molecule has 2 heterocycles. The Morgan fingerprint density at radius 3 is 2.31 bits per heavy atom. The van der Waals surface area contributed by atoms with Gasteiger partial charge in [0.15, 0.2) is 23.1 Å². The zero-order chi connectivity index (χ0) is 32.3. The van der Waals surface area contributed by atoms with Gasteiger partial charge in [-0.15, -0.1) is 0 Å². The van der Waals surface area contributed by atoms with Crippen molar-refractivity contribution in [1.29, 1.82) is 0 Å². The van der Waals surface area contributed by atoms with Crippen molar-refractivity contribution < 1.29 is 34.6 Å². The summed E-state index contributed by atoms with van der Waals surface area (Å²) in [5.74, 6) is -2.60. The van der Waals surface area contributed by atoms with E-state index < -0.39 is 47.7 Å². The number of nitrogens with one attached hydrogen (secondary N) is 1. The molecule has 0 aliphatic carbocycles. The molecule has 39 heavy (non-hydrogen) atoms. The second-order valence-corrected chi connectivity index (χ2v) is 10.7. The van der Waals surface area contributed by atoms with E-state index in [1.807, 2.05) is 20.8 Å². The van der Waals surface area contributed by atoms with Crippen molar-refractivity contribution in [2.75, 3.05) is 24.9 Å². The number of rotatable bonds is 10. The topological polar surface area (TPSA) is 146 Å². The monoisotopic (exact) mass is 556 g/mol. The normalized spacial score (nSPS) is 14.2. The molecule has 0 radical (unpaired) electrons. The summed E-state index contributed by atoms with van der Waals surface area (Å²) in [6, 6.07) is 13.3. The second kappa shape index (κ2) is 11.6. The molecule has 0 bridgehead atoms. The average Bonchev–Trinajstić information content (AvgIpc) is 2.94. The molecule has 0 fully saturated rings. The van der Waals surface area contributed by atoms with Crippen molar-refractivity contribution in [2.24, 2.45) is 0 Å². The molecule has 0 aliphatic heterocycles. The van der Waals surface area contributed by atoms with E-state index >= 15 is 0 Å². The third kappa shape index (κ3) is 6.59. The van der Waals surface area contributed by atoms with Crippen molar-refractivity contribution in [3.8, 4) is 34.8 Å². The van der Waals surface area contributed by atoms with E-state index in [9.17, 15) is 13.5 Å². The average molecular weight is 557 g/mol. The summed E-state index contributed by atoms with van der Waals surface area (Å²) in [4.78, 5) is 16.4. The molecule has 4 rings (SSSR count). The van der Waals surface area contributed by atoms with Gasteiger partial charge in [0.2, 0.25) is 11.6 Å². The number of sulfonamides is 1. The van der Waals surface area contributed by atoms with Crippen LogP contribution >= 0.6 is 0 Å². The van der Waals surface area contributed by atoms with Gasteiger partial charge in [0.1, 0.15) is 6.56 Å². The van der Waals surface area contributed by atoms with Gasteiger partial charge in [0.05, 0.1) is 25.4 Å². The van der Waals surface area contributed by atoms with E-state index in [4.69, 9.17) is 21.1 Å². The molecule has 0 spiro atoms. The Kier molecular flexibility index (Phi) is 6.44. The smallest absolute Gasteiger partial charge is 0.263 e. The SMILES string of the molecule is [2H]C([2H])([2H])Oc1ccccc1Oc1c(NS(=O)(=O)c2ccc(C(C)(C)C)cc2)nc(-c2ncccn2)nc1OC([2H])([2H])CO. The fourth-order valence-electron chi connectivity index (χ4n) is 3.32. The zero-order valence-corrected chi connectivity index (χ0v) is 22.1. The Morgan fingerprint density at radius 2 is 1.67 bits per heavy atom. The van der Waals surface area contributed by atoms with E-state index in [0.29, 0.717) is 0 Å². The molecule has 12 heteroatoms. The minimum atomic E-state index is -4.38. The number of hydrogen-bond donors (Lipinski definition) is 2. The van der Waals surface area contributed by atoms with Gasteiger partial charge < -0.3 is 19.3 Å². The number of nitrogens with zero attached hydrogens (tertiary/aromatic N) is 4. The Morgan fingerprint density at radius 1 is 0.974 bits per heavy atom. The number of aliphatic hydroxyl groups excluding tert-OH is 1. The van der Waals surface area contributed by atoms with Crippen LogP contribution < -0.4 is 18.9 Å². The molecule has 0 unspecified atom stereocenters. The first-order valence-corrected chi connectivity index (χ1v) is 13.0. The number of benzene rings is 2. The molecule has 4 aromatic rings. The van der Waals surface area contributed by atoms with Crippen LogP contribution in [0.25, 0.3) is 11.6 Å². The molecule has 2 aromatic carbocycles. The highest BCUT2D eigenvalue weighted by Gasteiger charge is 2.26. The number of hydrogen-bond acceptors (Lipinski definition) is 10. The summed E-state index contributed by atoms with van der Waals surface area (Å²) in [6.45, 7) is 2.09. The number of aromatic nitrogens is 4. The van der Waals surface area contributed by atoms with Gasteiger partial charge in [-0.1, -0.05) is 45.0 Å². The van der Waals surface area contributed by atoms with Crippen LogP contribution in [-0.4, -0.2) is 53.7 Å².